The van der Waals surface area contributed by atoms with Crippen molar-refractivity contribution in [1.82, 2.24) is 16.0 Å². The van der Waals surface area contributed by atoms with Crippen LogP contribution in [0, 0.1) is 0 Å². The maximum absolute atomic E-state index is 9.17. The number of likely N-dealkylation sites (N-methyl/N-ethyl adjacent to an activating group) is 2. The van der Waals surface area contributed by atoms with E-state index in [4.69, 9.17) is 5.11 Å². The lowest BCUT2D eigenvalue weighted by atomic mass is 10.0. The Morgan fingerprint density at radius 3 is 2.00 bits per heavy atom. The zero-order valence-corrected chi connectivity index (χ0v) is 8.44. The monoisotopic (exact) mass is 175 g/mol. The number of hydrogen-bond donors (Lipinski definition) is 4. The molecule has 0 spiro atoms. The molecule has 0 aromatic heterocycles. The van der Waals surface area contributed by atoms with Crippen molar-refractivity contribution in [3.63, 3.8) is 0 Å². The normalized spacial score (nSPS) is 14.8. The molecule has 0 aromatic rings. The first-order chi connectivity index (χ1) is 5.64. The van der Waals surface area contributed by atoms with Crippen LogP contribution in [0.5, 0.6) is 0 Å². The lowest BCUT2D eigenvalue weighted by Gasteiger charge is -2.33. The van der Waals surface area contributed by atoms with Gasteiger partial charge >= 0.3 is 0 Å². The first kappa shape index (κ1) is 11.8. The van der Waals surface area contributed by atoms with Crippen LogP contribution < -0.4 is 16.0 Å². The molecular formula is C8H21N3O. The van der Waals surface area contributed by atoms with Gasteiger partial charge in [-0.25, -0.2) is 0 Å². The van der Waals surface area contributed by atoms with Gasteiger partial charge in [0.2, 0.25) is 0 Å². The molecule has 4 heteroatoms. The van der Waals surface area contributed by atoms with Crippen LogP contribution in [0.15, 0.2) is 0 Å². The molecule has 0 aromatic carbocycles. The van der Waals surface area contributed by atoms with Gasteiger partial charge in [-0.3, -0.25) is 0 Å². The van der Waals surface area contributed by atoms with Crippen molar-refractivity contribution in [2.75, 3.05) is 27.7 Å². The number of aliphatic hydroxyl groups is 1. The van der Waals surface area contributed by atoms with Crippen LogP contribution in [-0.4, -0.2) is 44.6 Å². The molecule has 0 aliphatic heterocycles. The van der Waals surface area contributed by atoms with Crippen molar-refractivity contribution in [2.24, 2.45) is 0 Å². The standard InChI is InChI=1S/C8H21N3O/c1-7(9-2)5-8(6-12,10-3)11-4/h7,9-12H,5-6H2,1-4H3/t7-/m0/s1. The number of aliphatic hydroxyl groups excluding tert-OH is 1. The summed E-state index contributed by atoms with van der Waals surface area (Å²) in [7, 11) is 5.60. The second-order valence-corrected chi connectivity index (χ2v) is 3.13. The lowest BCUT2D eigenvalue weighted by molar-refractivity contribution is 0.126. The largest absolute Gasteiger partial charge is 0.393 e. The quantitative estimate of drug-likeness (QED) is 0.396. The number of nitrogens with one attached hydrogen (secondary N) is 3. The maximum atomic E-state index is 9.17. The van der Waals surface area contributed by atoms with Crippen LogP contribution in [0.25, 0.3) is 0 Å². The molecule has 0 fully saturated rings. The molecule has 1 atom stereocenters. The summed E-state index contributed by atoms with van der Waals surface area (Å²) in [6.07, 6.45) is 0.840. The molecule has 0 heterocycles. The highest BCUT2D eigenvalue weighted by Gasteiger charge is 2.26. The van der Waals surface area contributed by atoms with Gasteiger partial charge in [-0.05, 0) is 34.5 Å². The zero-order chi connectivity index (χ0) is 9.61. The molecule has 4 N–H and O–H groups in total. The Labute approximate surface area is 74.7 Å². The van der Waals surface area contributed by atoms with E-state index in [9.17, 15) is 0 Å². The molecule has 74 valence electrons. The van der Waals surface area contributed by atoms with Crippen molar-refractivity contribution < 1.29 is 5.11 Å². The summed E-state index contributed by atoms with van der Waals surface area (Å²) in [6.45, 7) is 2.17. The summed E-state index contributed by atoms with van der Waals surface area (Å²) in [5.74, 6) is 0. The summed E-state index contributed by atoms with van der Waals surface area (Å²) >= 11 is 0. The third-order valence-corrected chi connectivity index (χ3v) is 2.37. The molecule has 0 rings (SSSR count). The van der Waals surface area contributed by atoms with Gasteiger partial charge in [-0.1, -0.05) is 0 Å². The molecule has 4 nitrogen and oxygen atoms in total. The molecular weight excluding hydrogens is 154 g/mol. The second kappa shape index (κ2) is 5.48. The van der Waals surface area contributed by atoms with E-state index < -0.39 is 0 Å². The van der Waals surface area contributed by atoms with Gasteiger partial charge in [0.25, 0.3) is 0 Å². The van der Waals surface area contributed by atoms with Crippen molar-refractivity contribution in [3.8, 4) is 0 Å². The van der Waals surface area contributed by atoms with E-state index >= 15 is 0 Å². The predicted molar refractivity (Wildman–Crippen MR) is 51.1 cm³/mol. The molecule has 0 amide bonds. The molecule has 0 aliphatic carbocycles. The number of rotatable bonds is 6. The second-order valence-electron chi connectivity index (χ2n) is 3.13. The van der Waals surface area contributed by atoms with E-state index in [-0.39, 0.29) is 12.3 Å². The van der Waals surface area contributed by atoms with Crippen LogP contribution in [0.4, 0.5) is 0 Å². The maximum Gasteiger partial charge on any atom is 0.0934 e. The Morgan fingerprint density at radius 2 is 1.75 bits per heavy atom. The van der Waals surface area contributed by atoms with Crippen LogP contribution >= 0.6 is 0 Å². The summed E-state index contributed by atoms with van der Waals surface area (Å²) in [5, 5.41) is 18.5. The van der Waals surface area contributed by atoms with Crippen LogP contribution in [-0.2, 0) is 0 Å². The first-order valence-corrected chi connectivity index (χ1v) is 4.30. The van der Waals surface area contributed by atoms with Crippen molar-refractivity contribution in [3.05, 3.63) is 0 Å². The van der Waals surface area contributed by atoms with E-state index in [0.29, 0.717) is 6.04 Å². The van der Waals surface area contributed by atoms with Crippen LogP contribution in [0.3, 0.4) is 0 Å². The smallest absolute Gasteiger partial charge is 0.0934 e. The fraction of sp³-hybridized carbons (Fsp3) is 1.00. The fourth-order valence-electron chi connectivity index (χ4n) is 1.18. The average Bonchev–Trinajstić information content (AvgIpc) is 2.14. The van der Waals surface area contributed by atoms with E-state index in [1.54, 1.807) is 0 Å². The van der Waals surface area contributed by atoms with Crippen molar-refractivity contribution in [1.29, 1.82) is 0 Å². The van der Waals surface area contributed by atoms with Gasteiger partial charge in [0.15, 0.2) is 0 Å². The van der Waals surface area contributed by atoms with Gasteiger partial charge in [-0.15, -0.1) is 0 Å². The van der Waals surface area contributed by atoms with Gasteiger partial charge in [0.1, 0.15) is 0 Å². The summed E-state index contributed by atoms with van der Waals surface area (Å²) in [6, 6.07) is 0.372. The highest BCUT2D eigenvalue weighted by atomic mass is 16.3. The SMILES string of the molecule is CN[C@@H](C)CC(CO)(NC)NC. The summed E-state index contributed by atoms with van der Waals surface area (Å²) in [5.41, 5.74) is -0.359. The van der Waals surface area contributed by atoms with Crippen LogP contribution in [0.1, 0.15) is 13.3 Å². The molecule has 0 radical (unpaired) electrons. The summed E-state index contributed by atoms with van der Waals surface area (Å²) < 4.78 is 0. The highest BCUT2D eigenvalue weighted by Crippen LogP contribution is 2.07. The molecule has 0 saturated carbocycles. The minimum atomic E-state index is -0.359. The van der Waals surface area contributed by atoms with E-state index in [2.05, 4.69) is 22.9 Å². The fourth-order valence-corrected chi connectivity index (χ4v) is 1.18. The molecule has 12 heavy (non-hydrogen) atoms. The predicted octanol–water partition coefficient (Wildman–Crippen LogP) is -0.888. The lowest BCUT2D eigenvalue weighted by Crippen LogP contribution is -2.59. The highest BCUT2D eigenvalue weighted by molar-refractivity contribution is 4.85. The van der Waals surface area contributed by atoms with E-state index in [1.165, 1.54) is 0 Å². The first-order valence-electron chi connectivity index (χ1n) is 4.30. The Morgan fingerprint density at radius 1 is 1.25 bits per heavy atom. The minimum Gasteiger partial charge on any atom is -0.393 e. The van der Waals surface area contributed by atoms with Gasteiger partial charge in [0.05, 0.1) is 12.3 Å². The van der Waals surface area contributed by atoms with E-state index in [1.807, 2.05) is 21.1 Å². The molecule has 0 bridgehead atoms. The Balaban J connectivity index is 4.09. The van der Waals surface area contributed by atoms with Gasteiger partial charge in [-0.2, -0.15) is 0 Å². The third-order valence-electron chi connectivity index (χ3n) is 2.37. The van der Waals surface area contributed by atoms with Gasteiger partial charge in [0, 0.05) is 6.04 Å². The average molecular weight is 175 g/mol. The Bertz CT molecular complexity index is 107. The summed E-state index contributed by atoms with van der Waals surface area (Å²) in [4.78, 5) is 0. The molecule has 0 unspecified atom stereocenters. The van der Waals surface area contributed by atoms with Crippen molar-refractivity contribution in [2.45, 2.75) is 25.0 Å². The van der Waals surface area contributed by atoms with Gasteiger partial charge < -0.3 is 21.1 Å². The van der Waals surface area contributed by atoms with E-state index in [0.717, 1.165) is 6.42 Å². The van der Waals surface area contributed by atoms with Crippen molar-refractivity contribution >= 4 is 0 Å². The molecule has 0 saturated heterocycles. The minimum absolute atomic E-state index is 0.0893. The number of hydrogen-bond acceptors (Lipinski definition) is 4. The topological polar surface area (TPSA) is 56.3 Å². The Hall–Kier alpha value is -0.160. The molecule has 0 aliphatic rings. The zero-order valence-electron chi connectivity index (χ0n) is 8.44. The third kappa shape index (κ3) is 3.06. The van der Waals surface area contributed by atoms with Crippen LogP contribution in [0.2, 0.25) is 0 Å². The Kier molecular flexibility index (Phi) is 5.41.